The molecule has 0 bridgehead atoms. The number of hydrogen-bond acceptors (Lipinski definition) is 4. The maximum atomic E-state index is 11.6. The molecule has 0 fully saturated rings. The summed E-state index contributed by atoms with van der Waals surface area (Å²) in [6.45, 7) is 0.315. The van der Waals surface area contributed by atoms with E-state index in [0.717, 1.165) is 0 Å². The lowest BCUT2D eigenvalue weighted by molar-refractivity contribution is 0.0985. The van der Waals surface area contributed by atoms with Crippen LogP contribution in [0.1, 0.15) is 16.8 Å². The van der Waals surface area contributed by atoms with E-state index in [9.17, 15) is 9.59 Å². The highest BCUT2D eigenvalue weighted by atomic mass is 16.4. The standard InChI is InChI=1S/C11H12N2O3/c1-13-8-3-2-7(9(14)4-5-12)6-10(8)16-11(13)15/h2-3,6H,4-5,12H2,1H3. The molecule has 16 heavy (non-hydrogen) atoms. The van der Waals surface area contributed by atoms with E-state index < -0.39 is 5.76 Å². The van der Waals surface area contributed by atoms with Crippen LogP contribution in [-0.4, -0.2) is 16.9 Å². The zero-order chi connectivity index (χ0) is 11.7. The minimum atomic E-state index is -0.432. The molecular formula is C11H12N2O3. The van der Waals surface area contributed by atoms with E-state index in [1.165, 1.54) is 4.57 Å². The number of rotatable bonds is 3. The average Bonchev–Trinajstić information content (AvgIpc) is 2.55. The van der Waals surface area contributed by atoms with Gasteiger partial charge in [-0.1, -0.05) is 0 Å². The fraction of sp³-hybridized carbons (Fsp3) is 0.273. The number of benzene rings is 1. The lowest BCUT2D eigenvalue weighted by Gasteiger charge is -1.98. The van der Waals surface area contributed by atoms with Gasteiger partial charge in [-0.3, -0.25) is 9.36 Å². The molecule has 0 spiro atoms. The van der Waals surface area contributed by atoms with Gasteiger partial charge in [-0.25, -0.2) is 4.79 Å². The number of fused-ring (bicyclic) bond motifs is 1. The molecule has 0 saturated carbocycles. The number of nitrogens with zero attached hydrogens (tertiary/aromatic N) is 1. The molecule has 2 N–H and O–H groups in total. The van der Waals surface area contributed by atoms with Crippen molar-refractivity contribution in [2.75, 3.05) is 6.54 Å². The summed E-state index contributed by atoms with van der Waals surface area (Å²) in [5.41, 5.74) is 6.93. The van der Waals surface area contributed by atoms with Crippen LogP contribution in [0.5, 0.6) is 0 Å². The summed E-state index contributed by atoms with van der Waals surface area (Å²) in [5, 5.41) is 0. The number of carbonyl (C=O) groups excluding carboxylic acids is 1. The first-order valence-corrected chi connectivity index (χ1v) is 4.96. The van der Waals surface area contributed by atoms with E-state index in [2.05, 4.69) is 0 Å². The number of hydrogen-bond donors (Lipinski definition) is 1. The maximum Gasteiger partial charge on any atom is 0.419 e. The van der Waals surface area contributed by atoms with Gasteiger partial charge in [0.1, 0.15) is 0 Å². The molecule has 2 aromatic rings. The smallest absolute Gasteiger partial charge is 0.408 e. The Morgan fingerprint density at radius 3 is 2.94 bits per heavy atom. The molecule has 1 aromatic heterocycles. The van der Waals surface area contributed by atoms with E-state index in [-0.39, 0.29) is 5.78 Å². The predicted octanol–water partition coefficient (Wildman–Crippen LogP) is 0.663. The van der Waals surface area contributed by atoms with Crippen molar-refractivity contribution in [2.24, 2.45) is 12.8 Å². The van der Waals surface area contributed by atoms with E-state index in [1.54, 1.807) is 25.2 Å². The van der Waals surface area contributed by atoms with Crippen LogP contribution in [0.15, 0.2) is 27.4 Å². The lowest BCUT2D eigenvalue weighted by atomic mass is 10.1. The molecule has 0 radical (unpaired) electrons. The van der Waals surface area contributed by atoms with Gasteiger partial charge < -0.3 is 10.2 Å². The highest BCUT2D eigenvalue weighted by Gasteiger charge is 2.10. The van der Waals surface area contributed by atoms with E-state index in [0.29, 0.717) is 29.6 Å². The van der Waals surface area contributed by atoms with Gasteiger partial charge in [-0.05, 0) is 24.7 Å². The number of ketones is 1. The number of oxazole rings is 1. The zero-order valence-corrected chi connectivity index (χ0v) is 8.90. The Hall–Kier alpha value is -1.88. The van der Waals surface area contributed by atoms with E-state index in [1.807, 2.05) is 0 Å². The molecule has 0 saturated heterocycles. The Kier molecular flexibility index (Phi) is 2.62. The van der Waals surface area contributed by atoms with Crippen molar-refractivity contribution in [1.29, 1.82) is 0 Å². The molecule has 1 heterocycles. The van der Waals surface area contributed by atoms with Crippen molar-refractivity contribution in [3.8, 4) is 0 Å². The summed E-state index contributed by atoms with van der Waals surface area (Å²) in [7, 11) is 1.62. The molecule has 84 valence electrons. The average molecular weight is 220 g/mol. The highest BCUT2D eigenvalue weighted by Crippen LogP contribution is 2.15. The highest BCUT2D eigenvalue weighted by molar-refractivity contribution is 5.98. The third kappa shape index (κ3) is 1.65. The van der Waals surface area contributed by atoms with Crippen molar-refractivity contribution in [3.63, 3.8) is 0 Å². The largest absolute Gasteiger partial charge is 0.419 e. The van der Waals surface area contributed by atoms with Crippen LogP contribution in [0.25, 0.3) is 11.1 Å². The third-order valence-electron chi connectivity index (χ3n) is 2.49. The fourth-order valence-corrected chi connectivity index (χ4v) is 1.58. The first-order valence-electron chi connectivity index (χ1n) is 4.96. The molecule has 0 aliphatic rings. The number of carbonyl (C=O) groups is 1. The van der Waals surface area contributed by atoms with Crippen LogP contribution < -0.4 is 11.5 Å². The second kappa shape index (κ2) is 3.94. The predicted molar refractivity (Wildman–Crippen MR) is 59.5 cm³/mol. The number of Topliss-reactive ketones (excluding diaryl/α,β-unsaturated/α-hetero) is 1. The van der Waals surface area contributed by atoms with Crippen LogP contribution in [0, 0.1) is 0 Å². The summed E-state index contributed by atoms with van der Waals surface area (Å²) < 4.78 is 6.39. The van der Waals surface area contributed by atoms with Gasteiger partial charge in [0.2, 0.25) is 0 Å². The van der Waals surface area contributed by atoms with Gasteiger partial charge in [0.25, 0.3) is 0 Å². The SMILES string of the molecule is Cn1c(=O)oc2cc(C(=O)CCN)ccc21. The topological polar surface area (TPSA) is 78.2 Å². The zero-order valence-electron chi connectivity index (χ0n) is 8.90. The molecule has 0 atom stereocenters. The minimum Gasteiger partial charge on any atom is -0.408 e. The third-order valence-corrected chi connectivity index (χ3v) is 2.49. The number of nitrogens with two attached hydrogens (primary N) is 1. The van der Waals surface area contributed by atoms with Gasteiger partial charge >= 0.3 is 5.76 Å². The van der Waals surface area contributed by atoms with Crippen LogP contribution in [0.3, 0.4) is 0 Å². The van der Waals surface area contributed by atoms with Gasteiger partial charge in [-0.15, -0.1) is 0 Å². The van der Waals surface area contributed by atoms with Gasteiger partial charge in [0.15, 0.2) is 11.4 Å². The summed E-state index contributed by atoms with van der Waals surface area (Å²) in [6, 6.07) is 4.95. The second-order valence-corrected chi connectivity index (χ2v) is 3.57. The molecule has 5 nitrogen and oxygen atoms in total. The summed E-state index contributed by atoms with van der Waals surface area (Å²) in [6.07, 6.45) is 0.294. The van der Waals surface area contributed by atoms with Crippen molar-refractivity contribution in [2.45, 2.75) is 6.42 Å². The van der Waals surface area contributed by atoms with Crippen molar-refractivity contribution >= 4 is 16.9 Å². The Bertz CT molecular complexity index is 595. The molecular weight excluding hydrogens is 208 g/mol. The van der Waals surface area contributed by atoms with Gasteiger partial charge in [-0.2, -0.15) is 0 Å². The van der Waals surface area contributed by atoms with E-state index >= 15 is 0 Å². The van der Waals surface area contributed by atoms with Crippen molar-refractivity contribution < 1.29 is 9.21 Å². The summed E-state index contributed by atoms with van der Waals surface area (Å²) in [4.78, 5) is 22.8. The Labute approximate surface area is 91.5 Å². The van der Waals surface area contributed by atoms with Gasteiger partial charge in [0.05, 0.1) is 5.52 Å². The first kappa shape index (κ1) is 10.6. The molecule has 0 aliphatic heterocycles. The Balaban J connectivity index is 2.52. The molecule has 1 aromatic carbocycles. The molecule has 0 unspecified atom stereocenters. The van der Waals surface area contributed by atoms with Crippen LogP contribution in [-0.2, 0) is 7.05 Å². The first-order chi connectivity index (χ1) is 7.63. The van der Waals surface area contributed by atoms with Crippen LogP contribution in [0.4, 0.5) is 0 Å². The normalized spacial score (nSPS) is 10.9. The van der Waals surface area contributed by atoms with Crippen LogP contribution in [0.2, 0.25) is 0 Å². The van der Waals surface area contributed by atoms with Crippen LogP contribution >= 0.6 is 0 Å². The molecule has 2 rings (SSSR count). The monoisotopic (exact) mass is 220 g/mol. The Morgan fingerprint density at radius 2 is 2.25 bits per heavy atom. The molecule has 0 aliphatic carbocycles. The minimum absolute atomic E-state index is 0.0455. The fourth-order valence-electron chi connectivity index (χ4n) is 1.58. The molecule has 5 heteroatoms. The van der Waals surface area contributed by atoms with E-state index in [4.69, 9.17) is 10.2 Å². The maximum absolute atomic E-state index is 11.6. The number of aromatic nitrogens is 1. The number of aryl methyl sites for hydroxylation is 1. The summed E-state index contributed by atoms with van der Waals surface area (Å²) in [5.74, 6) is -0.477. The summed E-state index contributed by atoms with van der Waals surface area (Å²) >= 11 is 0. The Morgan fingerprint density at radius 1 is 1.50 bits per heavy atom. The van der Waals surface area contributed by atoms with Gasteiger partial charge in [0, 0.05) is 19.0 Å². The van der Waals surface area contributed by atoms with Crippen molar-refractivity contribution in [1.82, 2.24) is 4.57 Å². The van der Waals surface area contributed by atoms with Crippen molar-refractivity contribution in [3.05, 3.63) is 34.3 Å². The molecule has 0 amide bonds. The second-order valence-electron chi connectivity index (χ2n) is 3.57. The lowest BCUT2D eigenvalue weighted by Crippen LogP contribution is -2.08. The quantitative estimate of drug-likeness (QED) is 0.771.